The quantitative estimate of drug-likeness (QED) is 0.857. The van der Waals surface area contributed by atoms with E-state index in [2.05, 4.69) is 5.32 Å². The van der Waals surface area contributed by atoms with Crippen LogP contribution in [0.2, 0.25) is 0 Å². The van der Waals surface area contributed by atoms with Crippen molar-refractivity contribution in [2.24, 2.45) is 0 Å². The predicted molar refractivity (Wildman–Crippen MR) is 69.0 cm³/mol. The largest absolute Gasteiger partial charge is 0.497 e. The lowest BCUT2D eigenvalue weighted by Gasteiger charge is -2.29. The summed E-state index contributed by atoms with van der Waals surface area (Å²) < 4.78 is 5.09. The van der Waals surface area contributed by atoms with Crippen LogP contribution in [0.15, 0.2) is 24.3 Å². The number of carboxylic acid groups (broad SMARTS) is 1. The molecule has 1 aliphatic heterocycles. The van der Waals surface area contributed by atoms with Crippen LogP contribution in [0.25, 0.3) is 0 Å². The summed E-state index contributed by atoms with van der Waals surface area (Å²) in [5, 5.41) is 12.7. The van der Waals surface area contributed by atoms with Crippen LogP contribution in [0.3, 0.4) is 0 Å². The van der Waals surface area contributed by atoms with Gasteiger partial charge in [0.2, 0.25) is 0 Å². The van der Waals surface area contributed by atoms with E-state index >= 15 is 0 Å². The van der Waals surface area contributed by atoms with Crippen molar-refractivity contribution in [2.75, 3.05) is 13.7 Å². The van der Waals surface area contributed by atoms with Crippen LogP contribution >= 0.6 is 0 Å². The first-order valence-corrected chi connectivity index (χ1v) is 6.32. The normalized spacial score (nSPS) is 21.3. The second-order valence-electron chi connectivity index (χ2n) is 4.65. The van der Waals surface area contributed by atoms with Gasteiger partial charge in [0.05, 0.1) is 13.0 Å². The number of nitrogens with one attached hydrogen (secondary N) is 1. The molecule has 0 aliphatic carbocycles. The zero-order valence-corrected chi connectivity index (χ0v) is 10.6. The van der Waals surface area contributed by atoms with Gasteiger partial charge in [-0.25, -0.2) is 0 Å². The topological polar surface area (TPSA) is 58.6 Å². The molecule has 1 aromatic carbocycles. The van der Waals surface area contributed by atoms with Crippen molar-refractivity contribution >= 4 is 5.97 Å². The first-order chi connectivity index (χ1) is 8.72. The van der Waals surface area contributed by atoms with Gasteiger partial charge < -0.3 is 15.2 Å². The molecule has 1 saturated heterocycles. The molecule has 2 unspecified atom stereocenters. The number of methoxy groups -OCH3 is 1. The summed E-state index contributed by atoms with van der Waals surface area (Å²) in [6, 6.07) is 7.34. The average Bonchev–Trinajstić information content (AvgIpc) is 2.40. The van der Waals surface area contributed by atoms with Gasteiger partial charge in [-0.3, -0.25) is 4.79 Å². The molecular weight excluding hydrogens is 230 g/mol. The highest BCUT2D eigenvalue weighted by Gasteiger charge is 2.30. The van der Waals surface area contributed by atoms with Crippen LogP contribution in [0.5, 0.6) is 5.75 Å². The Morgan fingerprint density at radius 2 is 2.11 bits per heavy atom. The fourth-order valence-electron chi connectivity index (χ4n) is 2.52. The first-order valence-electron chi connectivity index (χ1n) is 6.32. The number of hydrogen-bond donors (Lipinski definition) is 2. The average molecular weight is 249 g/mol. The van der Waals surface area contributed by atoms with E-state index < -0.39 is 11.9 Å². The van der Waals surface area contributed by atoms with Gasteiger partial charge in [-0.05, 0) is 37.1 Å². The first kappa shape index (κ1) is 12.9. The molecule has 0 amide bonds. The number of rotatable bonds is 4. The number of hydrogen-bond acceptors (Lipinski definition) is 3. The summed E-state index contributed by atoms with van der Waals surface area (Å²) in [7, 11) is 1.60. The lowest BCUT2D eigenvalue weighted by molar-refractivity contribution is -0.139. The van der Waals surface area contributed by atoms with Crippen LogP contribution in [-0.2, 0) is 4.79 Å². The van der Waals surface area contributed by atoms with Gasteiger partial charge in [0, 0.05) is 6.04 Å². The molecule has 2 rings (SSSR count). The molecule has 1 heterocycles. The van der Waals surface area contributed by atoms with Crippen molar-refractivity contribution in [1.82, 2.24) is 5.32 Å². The van der Waals surface area contributed by atoms with Crippen molar-refractivity contribution in [3.63, 3.8) is 0 Å². The molecule has 0 spiro atoms. The summed E-state index contributed by atoms with van der Waals surface area (Å²) in [6.07, 6.45) is 3.14. The van der Waals surface area contributed by atoms with Gasteiger partial charge in [-0.2, -0.15) is 0 Å². The minimum atomic E-state index is -0.764. The number of carboxylic acids is 1. The van der Waals surface area contributed by atoms with E-state index in [1.54, 1.807) is 7.11 Å². The standard InChI is InChI=1S/C14H19NO3/c1-18-11-7-5-10(6-8-11)13(14(16)17)12-4-2-3-9-15-12/h5-8,12-13,15H,2-4,9H2,1H3,(H,16,17). The van der Waals surface area contributed by atoms with E-state index in [-0.39, 0.29) is 6.04 Å². The van der Waals surface area contributed by atoms with Crippen molar-refractivity contribution < 1.29 is 14.6 Å². The fraction of sp³-hybridized carbons (Fsp3) is 0.500. The summed E-state index contributed by atoms with van der Waals surface area (Å²) >= 11 is 0. The van der Waals surface area contributed by atoms with Crippen LogP contribution in [0.1, 0.15) is 30.7 Å². The van der Waals surface area contributed by atoms with Crippen LogP contribution < -0.4 is 10.1 Å². The van der Waals surface area contributed by atoms with E-state index in [0.717, 1.165) is 37.1 Å². The van der Waals surface area contributed by atoms with Crippen molar-refractivity contribution in [2.45, 2.75) is 31.2 Å². The predicted octanol–water partition coefficient (Wildman–Crippen LogP) is 2.01. The maximum absolute atomic E-state index is 11.5. The van der Waals surface area contributed by atoms with E-state index in [9.17, 15) is 9.90 Å². The molecule has 18 heavy (non-hydrogen) atoms. The molecule has 98 valence electrons. The maximum Gasteiger partial charge on any atom is 0.312 e. The molecule has 1 fully saturated rings. The number of carbonyl (C=O) groups is 1. The minimum absolute atomic E-state index is 0.0321. The van der Waals surface area contributed by atoms with Crippen molar-refractivity contribution in [3.05, 3.63) is 29.8 Å². The third kappa shape index (κ3) is 2.82. The zero-order valence-electron chi connectivity index (χ0n) is 10.6. The van der Waals surface area contributed by atoms with Gasteiger partial charge in [0.1, 0.15) is 5.75 Å². The number of piperidine rings is 1. The summed E-state index contributed by atoms with van der Waals surface area (Å²) in [5.74, 6) is -0.490. The number of ether oxygens (including phenoxy) is 1. The Morgan fingerprint density at radius 3 is 2.61 bits per heavy atom. The van der Waals surface area contributed by atoms with E-state index in [4.69, 9.17) is 4.74 Å². The Bertz CT molecular complexity index is 396. The van der Waals surface area contributed by atoms with Gasteiger partial charge >= 0.3 is 5.97 Å². The molecule has 1 aromatic rings. The molecule has 2 atom stereocenters. The molecule has 0 saturated carbocycles. The highest BCUT2D eigenvalue weighted by molar-refractivity contribution is 5.77. The van der Waals surface area contributed by atoms with Crippen molar-refractivity contribution in [1.29, 1.82) is 0 Å². The molecule has 0 radical (unpaired) electrons. The molecule has 4 heteroatoms. The van der Waals surface area contributed by atoms with Gasteiger partial charge in [-0.15, -0.1) is 0 Å². The van der Waals surface area contributed by atoms with Gasteiger partial charge in [0.25, 0.3) is 0 Å². The molecule has 0 aromatic heterocycles. The monoisotopic (exact) mass is 249 g/mol. The Balaban J connectivity index is 2.20. The van der Waals surface area contributed by atoms with Gasteiger partial charge in [-0.1, -0.05) is 18.6 Å². The lowest BCUT2D eigenvalue weighted by Crippen LogP contribution is -2.41. The summed E-state index contributed by atoms with van der Waals surface area (Å²) in [4.78, 5) is 11.5. The third-order valence-electron chi connectivity index (χ3n) is 3.49. The molecule has 1 aliphatic rings. The third-order valence-corrected chi connectivity index (χ3v) is 3.49. The second kappa shape index (κ2) is 5.87. The molecule has 0 bridgehead atoms. The van der Waals surface area contributed by atoms with E-state index in [1.807, 2.05) is 24.3 Å². The zero-order chi connectivity index (χ0) is 13.0. The highest BCUT2D eigenvalue weighted by atomic mass is 16.5. The summed E-state index contributed by atoms with van der Waals surface area (Å²) in [5.41, 5.74) is 0.836. The SMILES string of the molecule is COc1ccc(C(C(=O)O)C2CCCCN2)cc1. The van der Waals surface area contributed by atoms with E-state index in [1.165, 1.54) is 0 Å². The Hall–Kier alpha value is -1.55. The summed E-state index contributed by atoms with van der Waals surface area (Å²) in [6.45, 7) is 0.907. The number of aliphatic carboxylic acids is 1. The Labute approximate surface area is 107 Å². The molecule has 4 nitrogen and oxygen atoms in total. The van der Waals surface area contributed by atoms with Crippen LogP contribution in [-0.4, -0.2) is 30.8 Å². The maximum atomic E-state index is 11.5. The van der Waals surface area contributed by atoms with Gasteiger partial charge in [0.15, 0.2) is 0 Å². The van der Waals surface area contributed by atoms with E-state index in [0.29, 0.717) is 0 Å². The highest BCUT2D eigenvalue weighted by Crippen LogP contribution is 2.27. The molecular formula is C14H19NO3. The van der Waals surface area contributed by atoms with Crippen LogP contribution in [0.4, 0.5) is 0 Å². The van der Waals surface area contributed by atoms with Crippen molar-refractivity contribution in [3.8, 4) is 5.75 Å². The number of benzene rings is 1. The second-order valence-corrected chi connectivity index (χ2v) is 4.65. The van der Waals surface area contributed by atoms with Crippen LogP contribution in [0, 0.1) is 0 Å². The minimum Gasteiger partial charge on any atom is -0.497 e. The Kier molecular flexibility index (Phi) is 4.20. The fourth-order valence-corrected chi connectivity index (χ4v) is 2.52. The smallest absolute Gasteiger partial charge is 0.312 e. The molecule has 2 N–H and O–H groups in total. The Morgan fingerprint density at radius 1 is 1.39 bits per heavy atom. The lowest BCUT2D eigenvalue weighted by atomic mass is 9.86.